The third kappa shape index (κ3) is 7.88. The van der Waals surface area contributed by atoms with Gasteiger partial charge in [-0.15, -0.1) is 0 Å². The summed E-state index contributed by atoms with van der Waals surface area (Å²) in [4.78, 5) is 4.87. The number of rotatable bonds is 10. The van der Waals surface area contributed by atoms with Crippen molar-refractivity contribution in [1.29, 1.82) is 0 Å². The maximum Gasteiger partial charge on any atom is 0.240 e. The van der Waals surface area contributed by atoms with Gasteiger partial charge in [0.15, 0.2) is 5.96 Å². The maximum absolute atomic E-state index is 11.8. The molecule has 0 aliphatic carbocycles. The van der Waals surface area contributed by atoms with Crippen LogP contribution in [0.5, 0.6) is 5.75 Å². The zero-order valence-corrected chi connectivity index (χ0v) is 19.8. The number of hydrogen-bond donors (Lipinski definition) is 3. The number of nitrogens with zero attached hydrogens (tertiary/aromatic N) is 1. The van der Waals surface area contributed by atoms with E-state index in [1.54, 1.807) is 24.3 Å². The van der Waals surface area contributed by atoms with E-state index < -0.39 is 10.0 Å². The SMILES string of the molecule is CCNC(=NCc1ccc(S(=O)(=O)NC)cc1)NC(C)c1ccc(OCC(C)C)cc1. The quantitative estimate of drug-likeness (QED) is 0.384. The number of aliphatic imine (C=N–C) groups is 1. The number of nitrogens with one attached hydrogen (secondary N) is 3. The standard InChI is InChI=1S/C23H34N4O3S/c1-6-25-23(26-15-19-7-13-22(14-8-19)31(28,29)24-5)27-18(4)20-9-11-21(12-10-20)30-16-17(2)3/h7-14,17-18,24H,6,15-16H2,1-5H3,(H2,25,26,27). The topological polar surface area (TPSA) is 91.8 Å². The zero-order chi connectivity index (χ0) is 22.9. The minimum absolute atomic E-state index is 0.0556. The van der Waals surface area contributed by atoms with Gasteiger partial charge in [0.25, 0.3) is 0 Å². The van der Waals surface area contributed by atoms with Crippen LogP contribution in [0.2, 0.25) is 0 Å². The molecule has 8 heteroatoms. The molecule has 0 radical (unpaired) electrons. The summed E-state index contributed by atoms with van der Waals surface area (Å²) in [5.74, 6) is 2.05. The van der Waals surface area contributed by atoms with E-state index in [1.807, 2.05) is 19.1 Å². The first-order valence-corrected chi connectivity index (χ1v) is 12.0. The number of sulfonamides is 1. The Balaban J connectivity index is 2.02. The summed E-state index contributed by atoms with van der Waals surface area (Å²) in [6, 6.07) is 14.9. The Morgan fingerprint density at radius 3 is 2.23 bits per heavy atom. The highest BCUT2D eigenvalue weighted by Crippen LogP contribution is 2.18. The third-order valence-electron chi connectivity index (χ3n) is 4.58. The van der Waals surface area contributed by atoms with E-state index >= 15 is 0 Å². The summed E-state index contributed by atoms with van der Waals surface area (Å²) < 4.78 is 31.7. The van der Waals surface area contributed by atoms with Gasteiger partial charge in [0.2, 0.25) is 10.0 Å². The Morgan fingerprint density at radius 2 is 1.68 bits per heavy atom. The van der Waals surface area contributed by atoms with Gasteiger partial charge < -0.3 is 15.4 Å². The van der Waals surface area contributed by atoms with Gasteiger partial charge in [-0.25, -0.2) is 18.1 Å². The Hall–Kier alpha value is -2.58. The molecule has 31 heavy (non-hydrogen) atoms. The molecular formula is C23H34N4O3S. The van der Waals surface area contributed by atoms with Crippen LogP contribution in [0.4, 0.5) is 0 Å². The number of ether oxygens (including phenoxy) is 1. The van der Waals surface area contributed by atoms with Crippen LogP contribution >= 0.6 is 0 Å². The smallest absolute Gasteiger partial charge is 0.240 e. The Morgan fingerprint density at radius 1 is 1.03 bits per heavy atom. The molecule has 1 atom stereocenters. The predicted octanol–water partition coefficient (Wildman–Crippen LogP) is 3.45. The average Bonchev–Trinajstić information content (AvgIpc) is 2.76. The second-order valence-electron chi connectivity index (χ2n) is 7.69. The average molecular weight is 447 g/mol. The van der Waals surface area contributed by atoms with Crippen LogP contribution in [0.15, 0.2) is 58.4 Å². The normalized spacial score (nSPS) is 13.2. The molecule has 2 aromatic carbocycles. The predicted molar refractivity (Wildman–Crippen MR) is 126 cm³/mol. The lowest BCUT2D eigenvalue weighted by Gasteiger charge is -2.19. The van der Waals surface area contributed by atoms with Crippen LogP contribution in [0.1, 0.15) is 44.9 Å². The van der Waals surface area contributed by atoms with Crippen molar-refractivity contribution in [3.05, 3.63) is 59.7 Å². The molecule has 7 nitrogen and oxygen atoms in total. The van der Waals surface area contributed by atoms with Crippen molar-refractivity contribution < 1.29 is 13.2 Å². The second kappa shape index (κ2) is 11.7. The lowest BCUT2D eigenvalue weighted by Crippen LogP contribution is -2.38. The van der Waals surface area contributed by atoms with Gasteiger partial charge in [-0.05, 0) is 62.2 Å². The number of guanidine groups is 1. The lowest BCUT2D eigenvalue weighted by molar-refractivity contribution is 0.271. The molecule has 3 N–H and O–H groups in total. The van der Waals surface area contributed by atoms with E-state index in [0.717, 1.165) is 23.4 Å². The van der Waals surface area contributed by atoms with Crippen LogP contribution in [0.3, 0.4) is 0 Å². The van der Waals surface area contributed by atoms with Gasteiger partial charge in [-0.1, -0.05) is 38.1 Å². The summed E-state index contributed by atoms with van der Waals surface area (Å²) in [6.07, 6.45) is 0. The first-order chi connectivity index (χ1) is 14.7. The van der Waals surface area contributed by atoms with Gasteiger partial charge in [-0.2, -0.15) is 0 Å². The van der Waals surface area contributed by atoms with E-state index in [9.17, 15) is 8.42 Å². The van der Waals surface area contributed by atoms with Crippen LogP contribution < -0.4 is 20.1 Å². The third-order valence-corrected chi connectivity index (χ3v) is 6.01. The second-order valence-corrected chi connectivity index (χ2v) is 9.57. The fraction of sp³-hybridized carbons (Fsp3) is 0.435. The highest BCUT2D eigenvalue weighted by atomic mass is 32.2. The molecule has 0 spiro atoms. The van der Waals surface area contributed by atoms with Crippen molar-refractivity contribution in [2.45, 2.75) is 45.2 Å². The first-order valence-electron chi connectivity index (χ1n) is 10.5. The maximum atomic E-state index is 11.8. The minimum Gasteiger partial charge on any atom is -0.493 e. The summed E-state index contributed by atoms with van der Waals surface area (Å²) in [6.45, 7) is 10.2. The van der Waals surface area contributed by atoms with Gasteiger partial charge in [-0.3, -0.25) is 0 Å². The molecule has 0 aromatic heterocycles. The van der Waals surface area contributed by atoms with Crippen LogP contribution in [0, 0.1) is 5.92 Å². The largest absolute Gasteiger partial charge is 0.493 e. The fourth-order valence-corrected chi connectivity index (χ4v) is 3.52. The summed E-state index contributed by atoms with van der Waals surface area (Å²) in [5.41, 5.74) is 2.05. The van der Waals surface area contributed by atoms with Crippen molar-refractivity contribution in [3.63, 3.8) is 0 Å². The van der Waals surface area contributed by atoms with Crippen molar-refractivity contribution in [3.8, 4) is 5.75 Å². The molecule has 0 saturated carbocycles. The van der Waals surface area contributed by atoms with Gasteiger partial charge in [0, 0.05) is 6.54 Å². The Kier molecular flexibility index (Phi) is 9.33. The molecule has 0 fully saturated rings. The Labute approximate surface area is 186 Å². The highest BCUT2D eigenvalue weighted by molar-refractivity contribution is 7.89. The zero-order valence-electron chi connectivity index (χ0n) is 19.0. The summed E-state index contributed by atoms with van der Waals surface area (Å²) in [5, 5.41) is 6.66. The molecule has 2 aromatic rings. The molecule has 1 unspecified atom stereocenters. The molecule has 0 bridgehead atoms. The van der Waals surface area contributed by atoms with Gasteiger partial charge >= 0.3 is 0 Å². The molecular weight excluding hydrogens is 412 g/mol. The number of benzene rings is 2. The molecule has 0 amide bonds. The van der Waals surface area contributed by atoms with E-state index in [0.29, 0.717) is 25.0 Å². The molecule has 0 aliphatic heterocycles. The summed E-state index contributed by atoms with van der Waals surface area (Å²) >= 11 is 0. The first kappa shape index (κ1) is 24.7. The van der Waals surface area contributed by atoms with Crippen molar-refractivity contribution >= 4 is 16.0 Å². The highest BCUT2D eigenvalue weighted by Gasteiger charge is 2.11. The monoisotopic (exact) mass is 446 g/mol. The van der Waals surface area contributed by atoms with E-state index in [2.05, 4.69) is 53.3 Å². The minimum atomic E-state index is -3.43. The molecule has 0 saturated heterocycles. The lowest BCUT2D eigenvalue weighted by atomic mass is 10.1. The van der Waals surface area contributed by atoms with Crippen LogP contribution in [0.25, 0.3) is 0 Å². The van der Waals surface area contributed by atoms with Crippen molar-refractivity contribution in [2.75, 3.05) is 20.2 Å². The Bertz CT molecular complexity index is 940. The fourth-order valence-electron chi connectivity index (χ4n) is 2.79. The van der Waals surface area contributed by atoms with E-state index in [4.69, 9.17) is 4.74 Å². The summed E-state index contributed by atoms with van der Waals surface area (Å²) in [7, 11) is -2.03. The molecule has 0 heterocycles. The van der Waals surface area contributed by atoms with E-state index in [-0.39, 0.29) is 10.9 Å². The van der Waals surface area contributed by atoms with Crippen molar-refractivity contribution in [1.82, 2.24) is 15.4 Å². The molecule has 0 aliphatic rings. The molecule has 2 rings (SSSR count). The van der Waals surface area contributed by atoms with E-state index in [1.165, 1.54) is 7.05 Å². The van der Waals surface area contributed by atoms with Crippen molar-refractivity contribution in [2.24, 2.45) is 10.9 Å². The number of hydrogen-bond acceptors (Lipinski definition) is 4. The van der Waals surface area contributed by atoms with Gasteiger partial charge in [0.05, 0.1) is 24.1 Å². The van der Waals surface area contributed by atoms with Crippen LogP contribution in [-0.2, 0) is 16.6 Å². The van der Waals surface area contributed by atoms with Gasteiger partial charge in [0.1, 0.15) is 5.75 Å². The van der Waals surface area contributed by atoms with Crippen LogP contribution in [-0.4, -0.2) is 34.6 Å². The molecule has 170 valence electrons.